The third-order valence-electron chi connectivity index (χ3n) is 4.88. The maximum absolute atomic E-state index is 5.94. The van der Waals surface area contributed by atoms with Crippen molar-refractivity contribution < 1.29 is 9.47 Å². The zero-order chi connectivity index (χ0) is 18.9. The maximum Gasteiger partial charge on any atom is 0.193 e. The minimum atomic E-state index is 0. The lowest BCUT2D eigenvalue weighted by molar-refractivity contribution is 0.00992. The molecule has 2 heterocycles. The lowest BCUT2D eigenvalue weighted by Gasteiger charge is -2.34. The number of hydrogen-bond donors (Lipinski definition) is 2. The van der Waals surface area contributed by atoms with Crippen molar-refractivity contribution in [2.75, 3.05) is 47.0 Å². The lowest BCUT2D eigenvalue weighted by Crippen LogP contribution is -2.47. The van der Waals surface area contributed by atoms with Gasteiger partial charge in [0, 0.05) is 53.4 Å². The first-order valence-electron chi connectivity index (χ1n) is 9.80. The fraction of sp³-hybridized carbons (Fsp3) is 0.600. The van der Waals surface area contributed by atoms with Crippen LogP contribution in [0.5, 0.6) is 0 Å². The largest absolute Gasteiger partial charge is 0.385 e. The Morgan fingerprint density at radius 2 is 2.07 bits per heavy atom. The highest BCUT2D eigenvalue weighted by atomic mass is 127. The van der Waals surface area contributed by atoms with E-state index in [4.69, 9.17) is 9.47 Å². The van der Waals surface area contributed by atoms with Gasteiger partial charge in [-0.25, -0.2) is 4.98 Å². The van der Waals surface area contributed by atoms with Crippen molar-refractivity contribution in [2.45, 2.75) is 31.8 Å². The van der Waals surface area contributed by atoms with E-state index in [1.807, 2.05) is 25.2 Å². The number of halogens is 1. The van der Waals surface area contributed by atoms with Gasteiger partial charge >= 0.3 is 0 Å². The molecule has 156 valence electrons. The summed E-state index contributed by atoms with van der Waals surface area (Å²) in [6, 6.07) is 8.12. The third kappa shape index (κ3) is 6.59. The molecule has 1 saturated heterocycles. The second kappa shape index (κ2) is 12.2. The second-order valence-corrected chi connectivity index (χ2v) is 6.83. The molecule has 0 bridgehead atoms. The molecule has 0 radical (unpaired) electrons. The molecule has 0 atom stereocenters. The zero-order valence-electron chi connectivity index (χ0n) is 16.8. The van der Waals surface area contributed by atoms with Crippen LogP contribution in [0.3, 0.4) is 0 Å². The summed E-state index contributed by atoms with van der Waals surface area (Å²) >= 11 is 0. The number of rotatable bonds is 8. The molecule has 28 heavy (non-hydrogen) atoms. The predicted octanol–water partition coefficient (Wildman–Crippen LogP) is 2.82. The Hall–Kier alpha value is -1.39. The van der Waals surface area contributed by atoms with E-state index in [0.717, 1.165) is 81.3 Å². The molecule has 1 aromatic carbocycles. The predicted molar refractivity (Wildman–Crippen MR) is 124 cm³/mol. The van der Waals surface area contributed by atoms with Crippen molar-refractivity contribution >= 4 is 41.0 Å². The van der Waals surface area contributed by atoms with E-state index in [9.17, 15) is 0 Å². The van der Waals surface area contributed by atoms with Crippen LogP contribution in [0.25, 0.3) is 11.0 Å². The average Bonchev–Trinajstić information content (AvgIpc) is 3.12. The molecule has 8 heteroatoms. The number of piperidine rings is 1. The monoisotopic (exact) mass is 501 g/mol. The number of aromatic nitrogens is 2. The van der Waals surface area contributed by atoms with Crippen LogP contribution in [0.1, 0.15) is 25.1 Å². The first-order chi connectivity index (χ1) is 13.3. The Morgan fingerprint density at radius 3 is 2.79 bits per heavy atom. The first-order valence-corrected chi connectivity index (χ1v) is 9.80. The molecule has 0 unspecified atom stereocenters. The number of benzene rings is 1. The number of fused-ring (bicyclic) bond motifs is 1. The molecular weight excluding hydrogens is 469 g/mol. The summed E-state index contributed by atoms with van der Waals surface area (Å²) in [5.74, 6) is 1.96. The van der Waals surface area contributed by atoms with Crippen molar-refractivity contribution in [1.82, 2.24) is 20.2 Å². The van der Waals surface area contributed by atoms with Crippen molar-refractivity contribution in [2.24, 2.45) is 4.99 Å². The Kier molecular flexibility index (Phi) is 10.0. The molecule has 1 fully saturated rings. The molecule has 0 amide bonds. The maximum atomic E-state index is 5.94. The van der Waals surface area contributed by atoms with E-state index in [0.29, 0.717) is 6.10 Å². The minimum Gasteiger partial charge on any atom is -0.385 e. The third-order valence-corrected chi connectivity index (χ3v) is 4.88. The molecule has 0 spiro atoms. The van der Waals surface area contributed by atoms with E-state index in [1.54, 1.807) is 7.11 Å². The Labute approximate surface area is 184 Å². The van der Waals surface area contributed by atoms with Gasteiger partial charge in [0.2, 0.25) is 0 Å². The molecule has 2 N–H and O–H groups in total. The summed E-state index contributed by atoms with van der Waals surface area (Å²) in [6.45, 7) is 4.29. The molecule has 7 nitrogen and oxygen atoms in total. The van der Waals surface area contributed by atoms with Crippen LogP contribution in [-0.2, 0) is 15.9 Å². The van der Waals surface area contributed by atoms with Gasteiger partial charge in [-0.2, -0.15) is 0 Å². The number of H-pyrrole nitrogens is 1. The van der Waals surface area contributed by atoms with E-state index >= 15 is 0 Å². The van der Waals surface area contributed by atoms with Crippen molar-refractivity contribution in [3.8, 4) is 0 Å². The normalized spacial score (nSPS) is 15.6. The SMILES string of the molecule is CN=C(NCCc1nc2ccccc2[nH]1)N1CCC(OCCCOC)CC1.I. The number of ether oxygens (including phenoxy) is 2. The summed E-state index contributed by atoms with van der Waals surface area (Å²) in [6.07, 6.45) is 4.23. The van der Waals surface area contributed by atoms with Crippen molar-refractivity contribution in [3.63, 3.8) is 0 Å². The molecule has 3 rings (SSSR count). The van der Waals surface area contributed by atoms with Gasteiger partial charge in [-0.15, -0.1) is 24.0 Å². The summed E-state index contributed by atoms with van der Waals surface area (Å²) < 4.78 is 11.0. The van der Waals surface area contributed by atoms with Crippen LogP contribution < -0.4 is 5.32 Å². The Morgan fingerprint density at radius 1 is 1.29 bits per heavy atom. The average molecular weight is 501 g/mol. The van der Waals surface area contributed by atoms with E-state index in [1.165, 1.54) is 0 Å². The number of methoxy groups -OCH3 is 1. The van der Waals surface area contributed by atoms with Crippen LogP contribution in [0, 0.1) is 0 Å². The first kappa shape index (κ1) is 22.9. The summed E-state index contributed by atoms with van der Waals surface area (Å²) in [4.78, 5) is 14.8. The number of hydrogen-bond acceptors (Lipinski definition) is 4. The molecule has 1 aromatic heterocycles. The minimum absolute atomic E-state index is 0. The summed E-state index contributed by atoms with van der Waals surface area (Å²) in [5.41, 5.74) is 2.11. The zero-order valence-corrected chi connectivity index (χ0v) is 19.1. The van der Waals surface area contributed by atoms with Gasteiger partial charge in [0.15, 0.2) is 5.96 Å². The van der Waals surface area contributed by atoms with Gasteiger partial charge in [-0.3, -0.25) is 4.99 Å². The number of aromatic amines is 1. The number of likely N-dealkylation sites (tertiary alicyclic amines) is 1. The summed E-state index contributed by atoms with van der Waals surface area (Å²) in [5, 5.41) is 3.47. The van der Waals surface area contributed by atoms with Crippen molar-refractivity contribution in [1.29, 1.82) is 0 Å². The standard InChI is InChI=1S/C20H31N5O2.HI/c1-21-20(25-12-9-16(10-13-25)27-15-5-14-26-2)22-11-8-19-23-17-6-3-4-7-18(17)24-19;/h3-4,6-7,16H,5,8-15H2,1-2H3,(H,21,22)(H,23,24);1H. The second-order valence-electron chi connectivity index (χ2n) is 6.83. The topological polar surface area (TPSA) is 74.8 Å². The molecule has 2 aromatic rings. The van der Waals surface area contributed by atoms with Gasteiger partial charge in [0.05, 0.1) is 17.1 Å². The molecule has 1 aliphatic heterocycles. The van der Waals surface area contributed by atoms with E-state index < -0.39 is 0 Å². The van der Waals surface area contributed by atoms with Gasteiger partial charge in [0.1, 0.15) is 5.82 Å². The highest BCUT2D eigenvalue weighted by Crippen LogP contribution is 2.14. The Balaban J connectivity index is 0.00000280. The highest BCUT2D eigenvalue weighted by molar-refractivity contribution is 14.0. The van der Waals surface area contributed by atoms with Crippen LogP contribution >= 0.6 is 24.0 Å². The fourth-order valence-electron chi connectivity index (χ4n) is 3.44. The number of para-hydroxylation sites is 2. The molecule has 0 saturated carbocycles. The fourth-order valence-corrected chi connectivity index (χ4v) is 3.44. The van der Waals surface area contributed by atoms with E-state index in [2.05, 4.69) is 31.2 Å². The van der Waals surface area contributed by atoms with Gasteiger partial charge in [0.25, 0.3) is 0 Å². The molecule has 0 aliphatic carbocycles. The number of imidazole rings is 1. The number of guanidine groups is 1. The van der Waals surface area contributed by atoms with Gasteiger partial charge in [-0.05, 0) is 31.4 Å². The number of nitrogens with one attached hydrogen (secondary N) is 2. The number of aliphatic imine (C=N–C) groups is 1. The van der Waals surface area contributed by atoms with Crippen LogP contribution in [-0.4, -0.2) is 73.9 Å². The lowest BCUT2D eigenvalue weighted by atomic mass is 10.1. The highest BCUT2D eigenvalue weighted by Gasteiger charge is 2.21. The van der Waals surface area contributed by atoms with Gasteiger partial charge in [-0.1, -0.05) is 12.1 Å². The smallest absolute Gasteiger partial charge is 0.193 e. The van der Waals surface area contributed by atoms with Crippen LogP contribution in [0.15, 0.2) is 29.3 Å². The molecular formula is C20H32IN5O2. The van der Waals surface area contributed by atoms with E-state index in [-0.39, 0.29) is 24.0 Å². The Bertz CT molecular complexity index is 695. The summed E-state index contributed by atoms with van der Waals surface area (Å²) in [7, 11) is 3.57. The van der Waals surface area contributed by atoms with Crippen LogP contribution in [0.2, 0.25) is 0 Å². The number of nitrogens with zero attached hydrogens (tertiary/aromatic N) is 3. The molecule has 1 aliphatic rings. The van der Waals surface area contributed by atoms with Crippen LogP contribution in [0.4, 0.5) is 0 Å². The van der Waals surface area contributed by atoms with Gasteiger partial charge < -0.3 is 24.7 Å². The quantitative estimate of drug-likeness (QED) is 0.252. The van der Waals surface area contributed by atoms with Crippen molar-refractivity contribution in [3.05, 3.63) is 30.1 Å².